The summed E-state index contributed by atoms with van der Waals surface area (Å²) in [6.07, 6.45) is 0. The van der Waals surface area contributed by atoms with Crippen LogP contribution in [0.25, 0.3) is 78.0 Å². The molecule has 0 bridgehead atoms. The summed E-state index contributed by atoms with van der Waals surface area (Å²) < 4.78 is 58.3. The maximum absolute atomic E-state index is 9.95. The molecule has 0 aliphatic rings. The normalized spacial score (nSPS) is 13.5. The predicted molar refractivity (Wildman–Crippen MR) is 179 cm³/mol. The van der Waals surface area contributed by atoms with Crippen LogP contribution in [0.15, 0.2) is 152 Å². The minimum Gasteiger partial charge on any atom is -0.309 e. The van der Waals surface area contributed by atoms with Crippen LogP contribution in [0.4, 0.5) is 0 Å². The molecule has 44 heavy (non-hydrogen) atoms. The van der Waals surface area contributed by atoms with Gasteiger partial charge in [-0.2, -0.15) is 9.97 Å². The minimum absolute atomic E-state index is 0.0211. The number of fused-ring (bicyclic) bond motifs is 6. The first-order valence-corrected chi connectivity index (χ1v) is 14.2. The monoisotopic (exact) mass is 569 g/mol. The molecule has 3 heterocycles. The number of rotatable bonds is 4. The molecule has 6 aromatic carbocycles. The first kappa shape index (κ1) is 19.2. The highest BCUT2D eigenvalue weighted by Gasteiger charge is 2.20. The summed E-state index contributed by atoms with van der Waals surface area (Å²) >= 11 is 0. The maximum atomic E-state index is 9.95. The minimum atomic E-state index is 0.0211. The second-order valence-electron chi connectivity index (χ2n) is 10.4. The summed E-state index contributed by atoms with van der Waals surface area (Å²) in [5, 5.41) is 1.72. The Kier molecular flexibility index (Phi) is 4.25. The van der Waals surface area contributed by atoms with Gasteiger partial charge in [-0.25, -0.2) is 4.98 Å². The fraction of sp³-hybridized carbons (Fsp3) is 0. The van der Waals surface area contributed by atoms with Crippen molar-refractivity contribution in [3.63, 3.8) is 0 Å². The van der Waals surface area contributed by atoms with Gasteiger partial charge in [-0.15, -0.1) is 0 Å². The lowest BCUT2D eigenvalue weighted by atomic mass is 10.1. The smallest absolute Gasteiger partial charge is 0.238 e. The Morgan fingerprint density at radius 1 is 0.432 bits per heavy atom. The molecule has 0 unspecified atom stereocenters. The Morgan fingerprint density at radius 3 is 1.50 bits per heavy atom. The third-order valence-corrected chi connectivity index (χ3v) is 7.85. The molecule has 9 aromatic rings. The zero-order valence-electron chi connectivity index (χ0n) is 29.2. The molecule has 9 rings (SSSR count). The molecule has 0 aliphatic carbocycles. The van der Waals surface area contributed by atoms with E-state index in [1.807, 2.05) is 95.6 Å². The van der Waals surface area contributed by atoms with Crippen LogP contribution in [-0.4, -0.2) is 24.1 Å². The molecule has 0 amide bonds. The lowest BCUT2D eigenvalue weighted by Crippen LogP contribution is -2.06. The van der Waals surface area contributed by atoms with E-state index in [-0.39, 0.29) is 42.2 Å². The molecule has 206 valence electrons. The lowest BCUT2D eigenvalue weighted by molar-refractivity contribution is 0.953. The van der Waals surface area contributed by atoms with Gasteiger partial charge in [0.15, 0.2) is 11.6 Å². The topological polar surface area (TPSA) is 48.5 Å². The molecule has 0 N–H and O–H groups in total. The van der Waals surface area contributed by atoms with Crippen LogP contribution in [0.1, 0.15) is 8.22 Å². The van der Waals surface area contributed by atoms with Crippen LogP contribution in [0.2, 0.25) is 0 Å². The van der Waals surface area contributed by atoms with E-state index < -0.39 is 0 Å². The van der Waals surface area contributed by atoms with Crippen LogP contribution in [0.3, 0.4) is 0 Å². The van der Waals surface area contributed by atoms with Crippen molar-refractivity contribution in [2.45, 2.75) is 0 Å². The molecule has 0 saturated carbocycles. The van der Waals surface area contributed by atoms with Crippen LogP contribution < -0.4 is 0 Å². The van der Waals surface area contributed by atoms with E-state index in [9.17, 15) is 2.74 Å². The molecule has 5 heteroatoms. The quantitative estimate of drug-likeness (QED) is 0.212. The van der Waals surface area contributed by atoms with E-state index in [4.69, 9.17) is 20.4 Å². The van der Waals surface area contributed by atoms with Gasteiger partial charge >= 0.3 is 0 Å². The van der Waals surface area contributed by atoms with Crippen LogP contribution >= 0.6 is 0 Å². The average Bonchev–Trinajstić information content (AvgIpc) is 3.66. The average molecular weight is 570 g/mol. The van der Waals surface area contributed by atoms with Gasteiger partial charge in [0.05, 0.1) is 30.3 Å². The van der Waals surface area contributed by atoms with Gasteiger partial charge in [-0.1, -0.05) is 115 Å². The SMILES string of the molecule is [2H]c1cc([2H])c2c(c1)c1c([2H])c3c4cc([2H])cc([2H])c4n(-c4nc(-c5ccccc5)nc(-c5ccccc5)n4)c3c([2H])c1n2-c1ccccc1. The summed E-state index contributed by atoms with van der Waals surface area (Å²) in [6, 6.07) is 35.0. The van der Waals surface area contributed by atoms with E-state index in [0.29, 0.717) is 60.9 Å². The van der Waals surface area contributed by atoms with Crippen molar-refractivity contribution >= 4 is 43.6 Å². The zero-order chi connectivity index (χ0) is 34.3. The molecule has 0 fully saturated rings. The van der Waals surface area contributed by atoms with Crippen molar-refractivity contribution in [1.82, 2.24) is 24.1 Å². The zero-order valence-corrected chi connectivity index (χ0v) is 23.2. The van der Waals surface area contributed by atoms with Gasteiger partial charge in [0.2, 0.25) is 5.95 Å². The van der Waals surface area contributed by atoms with E-state index in [1.54, 1.807) is 16.7 Å². The van der Waals surface area contributed by atoms with Gasteiger partial charge in [0, 0.05) is 38.4 Å². The number of aromatic nitrogens is 5. The second kappa shape index (κ2) is 9.75. The summed E-state index contributed by atoms with van der Waals surface area (Å²) in [7, 11) is 0. The number of benzene rings is 6. The van der Waals surface area contributed by atoms with E-state index in [0.717, 1.165) is 11.1 Å². The highest BCUT2D eigenvalue weighted by Crippen LogP contribution is 2.39. The Morgan fingerprint density at radius 2 is 0.932 bits per heavy atom. The Balaban J connectivity index is 1.51. The fourth-order valence-electron chi connectivity index (χ4n) is 5.88. The highest BCUT2D eigenvalue weighted by atomic mass is 15.2. The molecule has 5 nitrogen and oxygen atoms in total. The van der Waals surface area contributed by atoms with Crippen molar-refractivity contribution in [2.24, 2.45) is 0 Å². The van der Waals surface area contributed by atoms with Crippen molar-refractivity contribution in [2.75, 3.05) is 0 Å². The molecule has 0 aliphatic heterocycles. The van der Waals surface area contributed by atoms with Gasteiger partial charge in [0.25, 0.3) is 0 Å². The molecule has 0 spiro atoms. The Hall–Kier alpha value is -6.07. The Bertz CT molecular complexity index is 2760. The standard InChI is InChI=1S/C39H25N5/c1-4-14-26(15-5-1)37-40-38(27-16-6-2-7-17-27)42-39(41-37)44-34-23-13-11-21-30(34)32-24-31-29-20-10-12-22-33(29)43(35(31)25-36(32)44)28-18-8-3-9-19-28/h1-25H/i10D,11D,22D,23D,24D,25D. The van der Waals surface area contributed by atoms with Gasteiger partial charge < -0.3 is 4.57 Å². The number of nitrogens with zero attached hydrogens (tertiary/aromatic N) is 5. The molecule has 0 atom stereocenters. The van der Waals surface area contributed by atoms with Gasteiger partial charge in [-0.3, -0.25) is 4.57 Å². The first-order chi connectivity index (χ1) is 24.3. The van der Waals surface area contributed by atoms with Crippen LogP contribution in [0, 0.1) is 0 Å². The summed E-state index contributed by atoms with van der Waals surface area (Å²) in [4.78, 5) is 14.7. The van der Waals surface area contributed by atoms with Crippen molar-refractivity contribution in [3.8, 4) is 34.4 Å². The molecule has 3 aromatic heterocycles. The van der Waals surface area contributed by atoms with E-state index >= 15 is 0 Å². The highest BCUT2D eigenvalue weighted by molar-refractivity contribution is 6.19. The van der Waals surface area contributed by atoms with Crippen LogP contribution in [-0.2, 0) is 0 Å². The summed E-state index contributed by atoms with van der Waals surface area (Å²) in [5.41, 5.74) is 3.70. The molecular weight excluding hydrogens is 538 g/mol. The molecule has 0 radical (unpaired) electrons. The third-order valence-electron chi connectivity index (χ3n) is 7.85. The molecule has 0 saturated heterocycles. The first-order valence-electron chi connectivity index (χ1n) is 17.2. The number of para-hydroxylation sites is 3. The third kappa shape index (κ3) is 3.76. The van der Waals surface area contributed by atoms with E-state index in [2.05, 4.69) is 0 Å². The van der Waals surface area contributed by atoms with Crippen LogP contribution in [0.5, 0.6) is 0 Å². The number of hydrogen-bond donors (Lipinski definition) is 0. The summed E-state index contributed by atoms with van der Waals surface area (Å²) in [5.74, 6) is 0.951. The number of hydrogen-bond acceptors (Lipinski definition) is 3. The van der Waals surface area contributed by atoms with Gasteiger partial charge in [-0.05, 0) is 36.3 Å². The lowest BCUT2D eigenvalue weighted by Gasteiger charge is -2.11. The van der Waals surface area contributed by atoms with Crippen molar-refractivity contribution < 1.29 is 8.22 Å². The maximum Gasteiger partial charge on any atom is 0.238 e. The summed E-state index contributed by atoms with van der Waals surface area (Å²) in [6.45, 7) is 0. The largest absolute Gasteiger partial charge is 0.309 e. The van der Waals surface area contributed by atoms with E-state index in [1.165, 1.54) is 12.1 Å². The fourth-order valence-corrected chi connectivity index (χ4v) is 5.88. The Labute approximate surface area is 261 Å². The van der Waals surface area contributed by atoms with Gasteiger partial charge in [0.1, 0.15) is 0 Å². The van der Waals surface area contributed by atoms with Crippen molar-refractivity contribution in [3.05, 3.63) is 152 Å². The second-order valence-corrected chi connectivity index (χ2v) is 10.4. The van der Waals surface area contributed by atoms with Crippen molar-refractivity contribution in [1.29, 1.82) is 0 Å². The molecular formula is C39H25N5. The predicted octanol–water partition coefficient (Wildman–Crippen LogP) is 9.40.